The number of hydrogen-bond donors (Lipinski definition) is 1. The van der Waals surface area contributed by atoms with Crippen LogP contribution in [-0.2, 0) is 0 Å². The van der Waals surface area contributed by atoms with Gasteiger partial charge in [-0.15, -0.1) is 0 Å². The lowest BCUT2D eigenvalue weighted by molar-refractivity contribution is 0.0322. The van der Waals surface area contributed by atoms with Crippen LogP contribution in [-0.4, -0.2) is 6.04 Å². The minimum Gasteiger partial charge on any atom is -0.461 e. The molecule has 0 amide bonds. The van der Waals surface area contributed by atoms with Crippen LogP contribution in [0.15, 0.2) is 33.2 Å². The Morgan fingerprint density at radius 2 is 2.05 bits per heavy atom. The molecule has 2 atom stereocenters. The quantitative estimate of drug-likeness (QED) is 0.880. The molecule has 2 N–H and O–H groups in total. The maximum absolute atomic E-state index is 6.28. The molecule has 2 nitrogen and oxygen atoms in total. The standard InChI is InChI=1S/C16H20BrNO/c1-3-16(4-2)12(9-15(16)18)14-8-10-7-11(17)5-6-13(10)19-14/h5-8,12,15H,3-4,9,18H2,1-2H3. The molecule has 3 rings (SSSR count). The lowest BCUT2D eigenvalue weighted by atomic mass is 9.53. The lowest BCUT2D eigenvalue weighted by Gasteiger charge is -2.53. The van der Waals surface area contributed by atoms with E-state index in [9.17, 15) is 0 Å². The minimum atomic E-state index is 0.227. The highest BCUT2D eigenvalue weighted by Gasteiger charge is 2.52. The van der Waals surface area contributed by atoms with Gasteiger partial charge < -0.3 is 10.2 Å². The Morgan fingerprint density at radius 1 is 1.32 bits per heavy atom. The number of fused-ring (bicyclic) bond motifs is 1. The zero-order valence-electron chi connectivity index (χ0n) is 11.4. The summed E-state index contributed by atoms with van der Waals surface area (Å²) in [4.78, 5) is 0. The van der Waals surface area contributed by atoms with Crippen molar-refractivity contribution in [3.05, 3.63) is 34.5 Å². The van der Waals surface area contributed by atoms with Gasteiger partial charge in [0.25, 0.3) is 0 Å². The van der Waals surface area contributed by atoms with Crippen LogP contribution in [0.4, 0.5) is 0 Å². The molecule has 0 aliphatic heterocycles. The van der Waals surface area contributed by atoms with Crippen LogP contribution in [0.3, 0.4) is 0 Å². The molecule has 1 aliphatic rings. The Hall–Kier alpha value is -0.800. The maximum Gasteiger partial charge on any atom is 0.134 e. The van der Waals surface area contributed by atoms with Crippen molar-refractivity contribution in [3.8, 4) is 0 Å². The van der Waals surface area contributed by atoms with Gasteiger partial charge in [-0.1, -0.05) is 29.8 Å². The predicted octanol–water partition coefficient (Wildman–Crippen LogP) is 4.82. The number of benzene rings is 1. The van der Waals surface area contributed by atoms with Crippen LogP contribution >= 0.6 is 15.9 Å². The molecule has 1 heterocycles. The van der Waals surface area contributed by atoms with Gasteiger partial charge in [0.1, 0.15) is 11.3 Å². The summed E-state index contributed by atoms with van der Waals surface area (Å²) >= 11 is 3.51. The monoisotopic (exact) mass is 321 g/mol. The Bertz CT molecular complexity index is 600. The van der Waals surface area contributed by atoms with Gasteiger partial charge in [-0.05, 0) is 48.9 Å². The molecule has 1 fully saturated rings. The van der Waals surface area contributed by atoms with Gasteiger partial charge in [0, 0.05) is 21.8 Å². The molecule has 0 bridgehead atoms. The van der Waals surface area contributed by atoms with Crippen LogP contribution in [0.1, 0.15) is 44.8 Å². The van der Waals surface area contributed by atoms with Gasteiger partial charge >= 0.3 is 0 Å². The fourth-order valence-corrected chi connectivity index (χ4v) is 4.07. The fourth-order valence-electron chi connectivity index (χ4n) is 3.69. The van der Waals surface area contributed by atoms with E-state index in [-0.39, 0.29) is 5.41 Å². The van der Waals surface area contributed by atoms with Crippen molar-refractivity contribution in [1.29, 1.82) is 0 Å². The second kappa shape index (κ2) is 4.64. The molecule has 2 unspecified atom stereocenters. The van der Waals surface area contributed by atoms with Crippen LogP contribution in [0.25, 0.3) is 11.0 Å². The number of nitrogens with two attached hydrogens (primary N) is 1. The molecule has 0 saturated heterocycles. The van der Waals surface area contributed by atoms with Crippen molar-refractivity contribution in [2.75, 3.05) is 0 Å². The Kier molecular flexibility index (Phi) is 3.22. The average Bonchev–Trinajstić information content (AvgIpc) is 2.79. The van der Waals surface area contributed by atoms with E-state index in [0.717, 1.165) is 35.1 Å². The number of furan rings is 1. The van der Waals surface area contributed by atoms with Crippen LogP contribution in [0.2, 0.25) is 0 Å². The third-order valence-corrected chi connectivity index (χ3v) is 5.57. The van der Waals surface area contributed by atoms with Gasteiger partial charge in [0.15, 0.2) is 0 Å². The summed E-state index contributed by atoms with van der Waals surface area (Å²) in [5, 5.41) is 1.17. The Labute approximate surface area is 122 Å². The summed E-state index contributed by atoms with van der Waals surface area (Å²) in [6.07, 6.45) is 3.29. The first kappa shape index (κ1) is 13.2. The smallest absolute Gasteiger partial charge is 0.134 e. The summed E-state index contributed by atoms with van der Waals surface area (Å²) in [5.41, 5.74) is 7.47. The van der Waals surface area contributed by atoms with Crippen molar-refractivity contribution in [2.24, 2.45) is 11.1 Å². The SMILES string of the molecule is CCC1(CC)C(N)CC1c1cc2cc(Br)ccc2o1. The second-order valence-electron chi connectivity index (χ2n) is 5.67. The van der Waals surface area contributed by atoms with E-state index < -0.39 is 0 Å². The van der Waals surface area contributed by atoms with E-state index in [4.69, 9.17) is 10.2 Å². The van der Waals surface area contributed by atoms with Crippen LogP contribution in [0, 0.1) is 5.41 Å². The summed E-state index contributed by atoms with van der Waals surface area (Å²) in [6.45, 7) is 4.49. The van der Waals surface area contributed by atoms with Crippen molar-refractivity contribution in [1.82, 2.24) is 0 Å². The van der Waals surface area contributed by atoms with Gasteiger partial charge in [0.05, 0.1) is 0 Å². The normalized spacial score (nSPS) is 25.5. The molecule has 1 saturated carbocycles. The third-order valence-electron chi connectivity index (χ3n) is 5.08. The number of rotatable bonds is 3. The minimum absolute atomic E-state index is 0.227. The van der Waals surface area contributed by atoms with E-state index in [1.807, 2.05) is 12.1 Å². The average molecular weight is 322 g/mol. The van der Waals surface area contributed by atoms with Crippen molar-refractivity contribution in [3.63, 3.8) is 0 Å². The molecule has 2 aromatic rings. The second-order valence-corrected chi connectivity index (χ2v) is 6.58. The highest BCUT2D eigenvalue weighted by atomic mass is 79.9. The fraction of sp³-hybridized carbons (Fsp3) is 0.500. The molecule has 0 radical (unpaired) electrons. The zero-order chi connectivity index (χ0) is 13.6. The van der Waals surface area contributed by atoms with E-state index in [2.05, 4.69) is 41.9 Å². The van der Waals surface area contributed by atoms with Gasteiger partial charge in [-0.25, -0.2) is 0 Å². The molecule has 102 valence electrons. The van der Waals surface area contributed by atoms with E-state index in [1.165, 1.54) is 5.39 Å². The van der Waals surface area contributed by atoms with Crippen LogP contribution < -0.4 is 5.73 Å². The molecular weight excluding hydrogens is 302 g/mol. The summed E-state index contributed by atoms with van der Waals surface area (Å²) < 4.78 is 7.15. The highest BCUT2D eigenvalue weighted by Crippen LogP contribution is 2.56. The molecule has 0 spiro atoms. The molecule has 1 aromatic heterocycles. The maximum atomic E-state index is 6.28. The van der Waals surface area contributed by atoms with E-state index >= 15 is 0 Å². The van der Waals surface area contributed by atoms with E-state index in [1.54, 1.807) is 0 Å². The predicted molar refractivity (Wildman–Crippen MR) is 82.3 cm³/mol. The summed E-state index contributed by atoms with van der Waals surface area (Å²) in [5.74, 6) is 1.59. The number of halogens is 1. The van der Waals surface area contributed by atoms with Crippen molar-refractivity contribution in [2.45, 2.75) is 45.1 Å². The number of hydrogen-bond acceptors (Lipinski definition) is 2. The van der Waals surface area contributed by atoms with Crippen molar-refractivity contribution < 1.29 is 4.42 Å². The lowest BCUT2D eigenvalue weighted by Crippen LogP contribution is -2.55. The zero-order valence-corrected chi connectivity index (χ0v) is 13.0. The van der Waals surface area contributed by atoms with Gasteiger partial charge in [-0.2, -0.15) is 0 Å². The Balaban J connectivity index is 2.01. The highest BCUT2D eigenvalue weighted by molar-refractivity contribution is 9.10. The van der Waals surface area contributed by atoms with Gasteiger partial charge in [0.2, 0.25) is 0 Å². The first-order chi connectivity index (χ1) is 9.10. The molecule has 3 heteroatoms. The molecular formula is C16H20BrNO. The van der Waals surface area contributed by atoms with Crippen LogP contribution in [0.5, 0.6) is 0 Å². The first-order valence-electron chi connectivity index (χ1n) is 7.05. The third kappa shape index (κ3) is 1.86. The van der Waals surface area contributed by atoms with Crippen molar-refractivity contribution >= 4 is 26.9 Å². The first-order valence-corrected chi connectivity index (χ1v) is 7.84. The summed E-state index contributed by atoms with van der Waals surface area (Å²) in [6, 6.07) is 8.67. The molecule has 1 aliphatic carbocycles. The largest absolute Gasteiger partial charge is 0.461 e. The summed E-state index contributed by atoms with van der Waals surface area (Å²) in [7, 11) is 0. The molecule has 19 heavy (non-hydrogen) atoms. The topological polar surface area (TPSA) is 39.2 Å². The van der Waals surface area contributed by atoms with Gasteiger partial charge in [-0.3, -0.25) is 0 Å². The molecule has 1 aromatic carbocycles. The Morgan fingerprint density at radius 3 is 2.68 bits per heavy atom. The van der Waals surface area contributed by atoms with E-state index in [0.29, 0.717) is 12.0 Å².